The first-order chi connectivity index (χ1) is 19.8. The third kappa shape index (κ3) is 5.71. The maximum Gasteiger partial charge on any atom is 0.168 e. The predicted octanol–water partition coefficient (Wildman–Crippen LogP) is 6.36. The van der Waals surface area contributed by atoms with Gasteiger partial charge in [0.05, 0.1) is 37.1 Å². The molecule has 2 aliphatic heterocycles. The van der Waals surface area contributed by atoms with Gasteiger partial charge in [0.1, 0.15) is 0 Å². The maximum absolute atomic E-state index is 14.4. The monoisotopic (exact) mass is 529 g/mol. The summed E-state index contributed by atoms with van der Waals surface area (Å²) in [5, 5.41) is 2.21. The number of hydrazine groups is 1. The number of nitrogens with zero attached hydrogens (tertiary/aromatic N) is 2. The first-order valence-corrected chi connectivity index (χ1v) is 14.1. The summed E-state index contributed by atoms with van der Waals surface area (Å²) >= 11 is 0. The number of hydrogen-bond donors (Lipinski definition) is 1. The lowest BCUT2D eigenvalue weighted by atomic mass is 9.73. The zero-order valence-corrected chi connectivity index (χ0v) is 22.7. The summed E-state index contributed by atoms with van der Waals surface area (Å²) in [5.41, 5.74) is 10.1. The zero-order chi connectivity index (χ0) is 27.1. The Hall–Kier alpha value is -4.19. The Kier molecular flexibility index (Phi) is 8.03. The van der Waals surface area contributed by atoms with Gasteiger partial charge in [0.25, 0.3) is 0 Å². The second-order valence-corrected chi connectivity index (χ2v) is 10.4. The lowest BCUT2D eigenvalue weighted by Gasteiger charge is -2.44. The van der Waals surface area contributed by atoms with Crippen LogP contribution in [0.5, 0.6) is 0 Å². The van der Waals surface area contributed by atoms with Crippen molar-refractivity contribution in [2.24, 2.45) is 5.92 Å². The molecule has 1 fully saturated rings. The number of carbonyl (C=O) groups is 1. The average Bonchev–Trinajstić information content (AvgIpc) is 3.03. The molecule has 0 aromatic heterocycles. The van der Waals surface area contributed by atoms with Crippen LogP contribution in [0.15, 0.2) is 127 Å². The van der Waals surface area contributed by atoms with Crippen LogP contribution < -0.4 is 5.43 Å². The molecule has 0 aliphatic carbocycles. The molecular weight excluding hydrogens is 494 g/mol. The molecule has 4 aromatic carbocycles. The van der Waals surface area contributed by atoms with Gasteiger partial charge >= 0.3 is 0 Å². The molecule has 2 heterocycles. The summed E-state index contributed by atoms with van der Waals surface area (Å²) in [6, 6.07) is 41.2. The fourth-order valence-electron chi connectivity index (χ4n) is 5.98. The number of ketones is 1. The van der Waals surface area contributed by atoms with Crippen molar-refractivity contribution in [2.75, 3.05) is 44.8 Å². The average molecular weight is 530 g/mol. The van der Waals surface area contributed by atoms with Crippen molar-refractivity contribution < 1.29 is 9.53 Å². The molecular formula is C35H35N3O2. The minimum atomic E-state index is -0.274. The van der Waals surface area contributed by atoms with E-state index in [9.17, 15) is 4.79 Å². The molecule has 1 N–H and O–H groups in total. The van der Waals surface area contributed by atoms with Gasteiger partial charge in [0, 0.05) is 31.1 Å². The maximum atomic E-state index is 14.4. The van der Waals surface area contributed by atoms with E-state index in [0.717, 1.165) is 55.4 Å². The number of para-hydroxylation sites is 1. The van der Waals surface area contributed by atoms with Crippen LogP contribution in [0.4, 0.5) is 5.69 Å². The van der Waals surface area contributed by atoms with Crippen LogP contribution in [-0.4, -0.2) is 55.1 Å². The van der Waals surface area contributed by atoms with Crippen molar-refractivity contribution in [2.45, 2.75) is 5.92 Å². The normalized spacial score (nSPS) is 19.9. The number of rotatable bonds is 8. The molecule has 40 heavy (non-hydrogen) atoms. The van der Waals surface area contributed by atoms with Crippen molar-refractivity contribution in [3.8, 4) is 0 Å². The summed E-state index contributed by atoms with van der Waals surface area (Å²) in [6.45, 7) is 4.50. The number of nitrogens with one attached hydrogen (secondary N) is 1. The molecule has 2 aliphatic rings. The highest BCUT2D eigenvalue weighted by atomic mass is 16.5. The lowest BCUT2D eigenvalue weighted by molar-refractivity contribution is 0.0407. The Morgan fingerprint density at radius 1 is 0.750 bits per heavy atom. The first kappa shape index (κ1) is 26.1. The third-order valence-corrected chi connectivity index (χ3v) is 7.87. The van der Waals surface area contributed by atoms with Gasteiger partial charge in [0.15, 0.2) is 5.78 Å². The number of anilines is 1. The van der Waals surface area contributed by atoms with Crippen molar-refractivity contribution in [3.63, 3.8) is 0 Å². The first-order valence-electron chi connectivity index (χ1n) is 14.1. The highest BCUT2D eigenvalue weighted by Crippen LogP contribution is 2.44. The largest absolute Gasteiger partial charge is 0.379 e. The molecule has 0 spiro atoms. The second kappa shape index (κ2) is 12.3. The van der Waals surface area contributed by atoms with E-state index in [4.69, 9.17) is 4.74 Å². The Morgan fingerprint density at radius 3 is 1.98 bits per heavy atom. The summed E-state index contributed by atoms with van der Waals surface area (Å²) in [5.74, 6) is -0.175. The van der Waals surface area contributed by atoms with Gasteiger partial charge in [-0.15, -0.1) is 0 Å². The van der Waals surface area contributed by atoms with Crippen LogP contribution in [0.2, 0.25) is 0 Å². The minimum absolute atomic E-state index is 0.0687. The summed E-state index contributed by atoms with van der Waals surface area (Å²) in [4.78, 5) is 16.8. The molecule has 0 saturated carbocycles. The van der Waals surface area contributed by atoms with Gasteiger partial charge in [-0.1, -0.05) is 109 Å². The molecule has 0 unspecified atom stereocenters. The number of morpholine rings is 1. The quantitative estimate of drug-likeness (QED) is 0.269. The van der Waals surface area contributed by atoms with E-state index >= 15 is 0 Å². The smallest absolute Gasteiger partial charge is 0.168 e. The number of ether oxygens (including phenoxy) is 1. The Balaban J connectivity index is 1.55. The van der Waals surface area contributed by atoms with Crippen LogP contribution >= 0.6 is 0 Å². The van der Waals surface area contributed by atoms with Crippen molar-refractivity contribution in [1.29, 1.82) is 0 Å². The van der Waals surface area contributed by atoms with Crippen LogP contribution in [0.25, 0.3) is 5.70 Å². The minimum Gasteiger partial charge on any atom is -0.379 e. The number of carbonyl (C=O) groups excluding carboxylic acids is 1. The number of benzene rings is 4. The van der Waals surface area contributed by atoms with E-state index in [2.05, 4.69) is 82.1 Å². The Labute approximate surface area is 236 Å². The van der Waals surface area contributed by atoms with E-state index in [-0.39, 0.29) is 17.6 Å². The number of Topliss-reactive ketones (excluding diaryl/α,β-unsaturated/α-hetero) is 1. The third-order valence-electron chi connectivity index (χ3n) is 7.87. The van der Waals surface area contributed by atoms with Crippen LogP contribution in [-0.2, 0) is 4.74 Å². The van der Waals surface area contributed by atoms with Gasteiger partial charge in [-0.3, -0.25) is 20.1 Å². The van der Waals surface area contributed by atoms with Crippen molar-refractivity contribution in [3.05, 3.63) is 144 Å². The van der Waals surface area contributed by atoms with Gasteiger partial charge in [-0.25, -0.2) is 0 Å². The number of hydrogen-bond acceptors (Lipinski definition) is 5. The molecule has 0 amide bonds. The molecule has 1 saturated heterocycles. The van der Waals surface area contributed by atoms with Crippen LogP contribution in [0, 0.1) is 5.92 Å². The second-order valence-electron chi connectivity index (χ2n) is 10.4. The topological polar surface area (TPSA) is 44.8 Å². The molecule has 6 rings (SSSR count). The van der Waals surface area contributed by atoms with Crippen molar-refractivity contribution >= 4 is 17.2 Å². The van der Waals surface area contributed by atoms with E-state index in [1.54, 1.807) is 0 Å². The van der Waals surface area contributed by atoms with E-state index in [1.165, 1.54) is 11.1 Å². The molecule has 2 atom stereocenters. The summed E-state index contributed by atoms with van der Waals surface area (Å²) in [7, 11) is 0. The highest BCUT2D eigenvalue weighted by molar-refractivity contribution is 5.99. The molecule has 5 heteroatoms. The lowest BCUT2D eigenvalue weighted by Crippen LogP contribution is -2.47. The highest BCUT2D eigenvalue weighted by Gasteiger charge is 2.41. The fourth-order valence-corrected chi connectivity index (χ4v) is 5.98. The molecule has 5 nitrogen and oxygen atoms in total. The van der Waals surface area contributed by atoms with Gasteiger partial charge < -0.3 is 4.74 Å². The summed E-state index contributed by atoms with van der Waals surface area (Å²) in [6.07, 6.45) is 0. The predicted molar refractivity (Wildman–Crippen MR) is 161 cm³/mol. The van der Waals surface area contributed by atoms with E-state index in [1.807, 2.05) is 54.6 Å². The molecule has 202 valence electrons. The standard InChI is InChI=1S/C35H35N3O2/c39-35(29-17-9-3-10-18-29)32-26-38(36-30-19-11-4-12-20-30)34(28-15-7-2-8-16-28)31(25-37-21-23-40-24-22-37)33(32)27-13-5-1-6-14-27/h1-20,32-33,36H,21-26H2/t32-,33-/m0/s1. The van der Waals surface area contributed by atoms with Gasteiger partial charge in [-0.2, -0.15) is 0 Å². The molecule has 0 bridgehead atoms. The zero-order valence-electron chi connectivity index (χ0n) is 22.7. The molecule has 4 aromatic rings. The van der Waals surface area contributed by atoms with Gasteiger partial charge in [0.2, 0.25) is 0 Å². The molecule has 0 radical (unpaired) electrons. The van der Waals surface area contributed by atoms with E-state index < -0.39 is 0 Å². The van der Waals surface area contributed by atoms with Crippen molar-refractivity contribution in [1.82, 2.24) is 9.91 Å². The SMILES string of the molecule is O=C(c1ccccc1)[C@H]1CN(Nc2ccccc2)C(c2ccccc2)=C(CN2CCOCC2)[C@@H]1c1ccccc1. The van der Waals surface area contributed by atoms with Crippen LogP contribution in [0.3, 0.4) is 0 Å². The summed E-state index contributed by atoms with van der Waals surface area (Å²) < 4.78 is 5.69. The Morgan fingerprint density at radius 2 is 1.32 bits per heavy atom. The van der Waals surface area contributed by atoms with Gasteiger partial charge in [-0.05, 0) is 28.8 Å². The van der Waals surface area contributed by atoms with Crippen LogP contribution in [0.1, 0.15) is 27.4 Å². The van der Waals surface area contributed by atoms with E-state index in [0.29, 0.717) is 6.54 Å². The Bertz CT molecular complexity index is 1420. The fraction of sp³-hybridized carbons (Fsp3) is 0.229.